The lowest BCUT2D eigenvalue weighted by atomic mass is 10.0. The molecule has 2 rings (SSSR count). The number of aliphatic imine (C=N–C) groups is 1. The van der Waals surface area contributed by atoms with Crippen molar-refractivity contribution in [3.8, 4) is 0 Å². The molecule has 4 heteroatoms. The second-order valence-corrected chi connectivity index (χ2v) is 5.02. The van der Waals surface area contributed by atoms with Gasteiger partial charge in [-0.1, -0.05) is 0 Å². The fourth-order valence-electron chi connectivity index (χ4n) is 1.95. The van der Waals surface area contributed by atoms with Crippen molar-refractivity contribution in [2.45, 2.75) is 51.2 Å². The Hall–Kier alpha value is -0.770. The summed E-state index contributed by atoms with van der Waals surface area (Å²) in [4.78, 5) is 4.62. The van der Waals surface area contributed by atoms with Gasteiger partial charge in [-0.25, -0.2) is 0 Å². The topological polar surface area (TPSA) is 45.7 Å². The smallest absolute Gasteiger partial charge is 0.191 e. The van der Waals surface area contributed by atoms with Crippen molar-refractivity contribution in [2.75, 3.05) is 19.7 Å². The Labute approximate surface area is 97.9 Å². The summed E-state index contributed by atoms with van der Waals surface area (Å²) < 4.78 is 5.73. The van der Waals surface area contributed by atoms with Gasteiger partial charge in [0.1, 0.15) is 0 Å². The molecule has 4 nitrogen and oxygen atoms in total. The molecule has 2 N–H and O–H groups in total. The first-order chi connectivity index (χ1) is 7.72. The monoisotopic (exact) mass is 225 g/mol. The average Bonchev–Trinajstić information content (AvgIpc) is 2.97. The van der Waals surface area contributed by atoms with E-state index in [4.69, 9.17) is 4.74 Å². The Balaban J connectivity index is 1.84. The summed E-state index contributed by atoms with van der Waals surface area (Å²) in [5.74, 6) is 0.946. The van der Waals surface area contributed by atoms with Crippen LogP contribution in [-0.4, -0.2) is 37.3 Å². The molecule has 0 aromatic carbocycles. The summed E-state index contributed by atoms with van der Waals surface area (Å²) in [6, 6.07) is 0.648. The van der Waals surface area contributed by atoms with Gasteiger partial charge in [-0.05, 0) is 39.5 Å². The number of guanidine groups is 1. The predicted octanol–water partition coefficient (Wildman–Crippen LogP) is 1.27. The lowest BCUT2D eigenvalue weighted by Gasteiger charge is -2.21. The largest absolute Gasteiger partial charge is 0.373 e. The molecule has 0 aromatic heterocycles. The molecule has 1 saturated carbocycles. The summed E-state index contributed by atoms with van der Waals surface area (Å²) >= 11 is 0. The van der Waals surface area contributed by atoms with E-state index in [1.54, 1.807) is 0 Å². The lowest BCUT2D eigenvalue weighted by Crippen LogP contribution is -2.40. The number of hydrogen-bond acceptors (Lipinski definition) is 2. The summed E-state index contributed by atoms with van der Waals surface area (Å²) in [5.41, 5.74) is -0.0358. The minimum absolute atomic E-state index is 0.0358. The van der Waals surface area contributed by atoms with Crippen LogP contribution in [0.3, 0.4) is 0 Å². The number of hydrogen-bond donors (Lipinski definition) is 2. The second-order valence-electron chi connectivity index (χ2n) is 5.02. The maximum absolute atomic E-state index is 5.73. The van der Waals surface area contributed by atoms with Gasteiger partial charge < -0.3 is 15.4 Å². The van der Waals surface area contributed by atoms with Crippen molar-refractivity contribution in [1.29, 1.82) is 0 Å². The first-order valence-corrected chi connectivity index (χ1v) is 6.41. The van der Waals surface area contributed by atoms with Crippen LogP contribution in [0.5, 0.6) is 0 Å². The van der Waals surface area contributed by atoms with Crippen LogP contribution in [0.25, 0.3) is 0 Å². The number of rotatable bonds is 4. The first-order valence-electron chi connectivity index (χ1n) is 6.41. The third kappa shape index (κ3) is 3.37. The molecule has 1 atom stereocenters. The third-order valence-corrected chi connectivity index (χ3v) is 3.13. The molecule has 1 saturated heterocycles. The van der Waals surface area contributed by atoms with Crippen molar-refractivity contribution in [3.05, 3.63) is 0 Å². The Bertz CT molecular complexity index is 255. The molecule has 2 fully saturated rings. The van der Waals surface area contributed by atoms with Crippen molar-refractivity contribution in [1.82, 2.24) is 10.6 Å². The fourth-order valence-corrected chi connectivity index (χ4v) is 1.95. The van der Waals surface area contributed by atoms with Crippen LogP contribution < -0.4 is 10.6 Å². The van der Waals surface area contributed by atoms with Crippen LogP contribution in [0.1, 0.15) is 39.5 Å². The highest BCUT2D eigenvalue weighted by Crippen LogP contribution is 2.25. The standard InChI is InChI=1S/C12H23N3O/c1-3-13-11(15-10-5-6-10)14-9-12(2)7-4-8-16-12/h10H,3-9H2,1-2H3,(H2,13,14,15). The zero-order chi connectivity index (χ0) is 11.4. The van der Waals surface area contributed by atoms with E-state index in [0.717, 1.165) is 32.1 Å². The zero-order valence-corrected chi connectivity index (χ0v) is 10.4. The molecule has 0 aromatic rings. The minimum Gasteiger partial charge on any atom is -0.373 e. The van der Waals surface area contributed by atoms with Crippen LogP contribution >= 0.6 is 0 Å². The summed E-state index contributed by atoms with van der Waals surface area (Å²) in [5, 5.41) is 6.69. The number of nitrogens with one attached hydrogen (secondary N) is 2. The highest BCUT2D eigenvalue weighted by Gasteiger charge is 2.30. The molecule has 1 aliphatic heterocycles. The number of nitrogens with zero attached hydrogens (tertiary/aromatic N) is 1. The van der Waals surface area contributed by atoms with E-state index in [9.17, 15) is 0 Å². The van der Waals surface area contributed by atoms with Crippen molar-refractivity contribution in [3.63, 3.8) is 0 Å². The molecule has 2 aliphatic rings. The van der Waals surface area contributed by atoms with E-state index in [2.05, 4.69) is 29.5 Å². The Morgan fingerprint density at radius 2 is 2.31 bits per heavy atom. The maximum Gasteiger partial charge on any atom is 0.191 e. The van der Waals surface area contributed by atoms with Gasteiger partial charge in [0.25, 0.3) is 0 Å². The molecule has 0 spiro atoms. The van der Waals surface area contributed by atoms with Crippen LogP contribution in [0.15, 0.2) is 4.99 Å². The minimum atomic E-state index is -0.0358. The summed E-state index contributed by atoms with van der Waals surface area (Å²) in [6.45, 7) is 6.81. The summed E-state index contributed by atoms with van der Waals surface area (Å²) in [7, 11) is 0. The van der Waals surface area contributed by atoms with E-state index in [1.165, 1.54) is 19.3 Å². The van der Waals surface area contributed by atoms with E-state index in [1.807, 2.05) is 0 Å². The van der Waals surface area contributed by atoms with Crippen LogP contribution in [-0.2, 0) is 4.74 Å². The highest BCUT2D eigenvalue weighted by atomic mass is 16.5. The highest BCUT2D eigenvalue weighted by molar-refractivity contribution is 5.80. The maximum atomic E-state index is 5.73. The van der Waals surface area contributed by atoms with E-state index < -0.39 is 0 Å². The fraction of sp³-hybridized carbons (Fsp3) is 0.917. The van der Waals surface area contributed by atoms with Crippen LogP contribution in [0, 0.1) is 0 Å². The zero-order valence-electron chi connectivity index (χ0n) is 10.4. The van der Waals surface area contributed by atoms with E-state index >= 15 is 0 Å². The Morgan fingerprint density at radius 1 is 1.50 bits per heavy atom. The van der Waals surface area contributed by atoms with Gasteiger partial charge in [0.2, 0.25) is 0 Å². The molecule has 1 aliphatic carbocycles. The van der Waals surface area contributed by atoms with Crippen LogP contribution in [0.2, 0.25) is 0 Å². The first kappa shape index (κ1) is 11.7. The molecule has 1 unspecified atom stereocenters. The normalized spacial score (nSPS) is 30.5. The van der Waals surface area contributed by atoms with E-state index in [-0.39, 0.29) is 5.60 Å². The Kier molecular flexibility index (Phi) is 3.69. The molecule has 1 heterocycles. The van der Waals surface area contributed by atoms with Crippen molar-refractivity contribution < 1.29 is 4.74 Å². The predicted molar refractivity (Wildman–Crippen MR) is 65.7 cm³/mol. The van der Waals surface area contributed by atoms with Gasteiger partial charge in [-0.15, -0.1) is 0 Å². The third-order valence-electron chi connectivity index (χ3n) is 3.13. The molecule has 0 bridgehead atoms. The SMILES string of the molecule is CCNC(=NCC1(C)CCCO1)NC1CC1. The molecule has 92 valence electrons. The van der Waals surface area contributed by atoms with Crippen molar-refractivity contribution >= 4 is 5.96 Å². The van der Waals surface area contributed by atoms with Gasteiger partial charge in [-0.3, -0.25) is 4.99 Å². The molecule has 0 amide bonds. The average molecular weight is 225 g/mol. The quantitative estimate of drug-likeness (QED) is 0.559. The Morgan fingerprint density at radius 3 is 2.88 bits per heavy atom. The molecular weight excluding hydrogens is 202 g/mol. The van der Waals surface area contributed by atoms with Gasteiger partial charge in [0, 0.05) is 19.2 Å². The van der Waals surface area contributed by atoms with E-state index in [0.29, 0.717) is 6.04 Å². The van der Waals surface area contributed by atoms with Crippen molar-refractivity contribution in [2.24, 2.45) is 4.99 Å². The molecule has 16 heavy (non-hydrogen) atoms. The summed E-state index contributed by atoms with van der Waals surface area (Å²) in [6.07, 6.45) is 4.84. The van der Waals surface area contributed by atoms with Gasteiger partial charge in [-0.2, -0.15) is 0 Å². The van der Waals surface area contributed by atoms with Gasteiger partial charge in [0.15, 0.2) is 5.96 Å². The van der Waals surface area contributed by atoms with Crippen LogP contribution in [0.4, 0.5) is 0 Å². The lowest BCUT2D eigenvalue weighted by molar-refractivity contribution is 0.0283. The van der Waals surface area contributed by atoms with Gasteiger partial charge in [0.05, 0.1) is 12.1 Å². The second kappa shape index (κ2) is 5.04. The van der Waals surface area contributed by atoms with Gasteiger partial charge >= 0.3 is 0 Å². The molecular formula is C12H23N3O. The number of ether oxygens (including phenoxy) is 1. The molecule has 0 radical (unpaired) electrons.